The molecule has 0 aliphatic heterocycles. The minimum absolute atomic E-state index is 0.0584. The zero-order valence-electron chi connectivity index (χ0n) is 16.7. The highest BCUT2D eigenvalue weighted by atomic mass is 32.2. The molecule has 6 heteroatoms. The van der Waals surface area contributed by atoms with Crippen molar-refractivity contribution in [3.8, 4) is 17.6 Å². The van der Waals surface area contributed by atoms with Gasteiger partial charge in [-0.05, 0) is 42.3 Å². The van der Waals surface area contributed by atoms with Crippen LogP contribution in [0.4, 0.5) is 0 Å². The molecule has 0 atom stereocenters. The second-order valence-electron chi connectivity index (χ2n) is 6.53. The summed E-state index contributed by atoms with van der Waals surface area (Å²) >= 11 is 0. The molecule has 0 amide bonds. The number of benzene rings is 3. The zero-order chi connectivity index (χ0) is 21.6. The van der Waals surface area contributed by atoms with E-state index in [0.717, 1.165) is 11.1 Å². The van der Waals surface area contributed by atoms with Crippen molar-refractivity contribution in [1.82, 2.24) is 0 Å². The van der Waals surface area contributed by atoms with Gasteiger partial charge in [0.1, 0.15) is 17.6 Å². The Bertz CT molecular complexity index is 1210. The van der Waals surface area contributed by atoms with Crippen molar-refractivity contribution in [2.24, 2.45) is 0 Å². The van der Waals surface area contributed by atoms with Gasteiger partial charge in [0.2, 0.25) is 9.84 Å². The topological polar surface area (TPSA) is 76.4 Å². The quantitative estimate of drug-likeness (QED) is 0.508. The molecule has 3 aromatic rings. The Morgan fingerprint density at radius 3 is 2.37 bits per heavy atom. The number of hydrogen-bond donors (Lipinski definition) is 0. The maximum absolute atomic E-state index is 12.9. The summed E-state index contributed by atoms with van der Waals surface area (Å²) in [4.78, 5) is -0.314. The Labute approximate surface area is 176 Å². The molecule has 0 spiro atoms. The summed E-state index contributed by atoms with van der Waals surface area (Å²) in [7, 11) is -2.45. The highest BCUT2D eigenvalue weighted by molar-refractivity contribution is 7.95. The molecule has 0 bridgehead atoms. The van der Waals surface area contributed by atoms with E-state index in [4.69, 9.17) is 9.47 Å². The normalized spacial score (nSPS) is 11.6. The summed E-state index contributed by atoms with van der Waals surface area (Å²) in [6.45, 7) is 2.27. The third-order valence-electron chi connectivity index (χ3n) is 4.60. The standard InChI is InChI=1S/C24H21NO4S/c1-18-9-6-7-10-20(18)17-29-24-19(11-8-14-23(24)28-2)15-22(16-25)30(26,27)21-12-4-3-5-13-21/h3-15H,17H2,1-2H3/b22-15+. The summed E-state index contributed by atoms with van der Waals surface area (Å²) in [5.41, 5.74) is 2.52. The average Bonchev–Trinajstić information content (AvgIpc) is 2.77. The fourth-order valence-corrected chi connectivity index (χ4v) is 4.09. The van der Waals surface area contributed by atoms with Crippen LogP contribution in [0.15, 0.2) is 82.6 Å². The second-order valence-corrected chi connectivity index (χ2v) is 8.45. The van der Waals surface area contributed by atoms with Crippen LogP contribution < -0.4 is 9.47 Å². The Balaban J connectivity index is 2.03. The molecule has 0 aliphatic rings. The lowest BCUT2D eigenvalue weighted by atomic mass is 10.1. The summed E-state index contributed by atoms with van der Waals surface area (Å²) in [6, 6.07) is 22.6. The Hall–Kier alpha value is -3.56. The van der Waals surface area contributed by atoms with E-state index in [1.165, 1.54) is 25.3 Å². The molecule has 0 aliphatic carbocycles. The minimum atomic E-state index is -3.96. The molecular formula is C24H21NO4S. The number of ether oxygens (including phenoxy) is 2. The predicted octanol–water partition coefficient (Wildman–Crippen LogP) is 4.92. The Morgan fingerprint density at radius 1 is 1.00 bits per heavy atom. The lowest BCUT2D eigenvalue weighted by Crippen LogP contribution is -2.04. The molecule has 0 radical (unpaired) electrons. The molecular weight excluding hydrogens is 398 g/mol. The number of rotatable bonds is 7. The average molecular weight is 420 g/mol. The highest BCUT2D eigenvalue weighted by Gasteiger charge is 2.22. The van der Waals surface area contributed by atoms with Crippen molar-refractivity contribution in [3.05, 3.63) is 94.4 Å². The van der Waals surface area contributed by atoms with Gasteiger partial charge in [-0.25, -0.2) is 8.42 Å². The third-order valence-corrected chi connectivity index (χ3v) is 6.28. The number of nitriles is 1. The van der Waals surface area contributed by atoms with Crippen molar-refractivity contribution in [3.63, 3.8) is 0 Å². The molecule has 0 N–H and O–H groups in total. The molecule has 0 heterocycles. The number of para-hydroxylation sites is 1. The van der Waals surface area contributed by atoms with E-state index in [0.29, 0.717) is 17.1 Å². The molecule has 0 aromatic heterocycles. The number of allylic oxidation sites excluding steroid dienone is 1. The molecule has 3 rings (SSSR count). The molecule has 0 saturated carbocycles. The lowest BCUT2D eigenvalue weighted by Gasteiger charge is -2.15. The van der Waals surface area contributed by atoms with E-state index < -0.39 is 9.84 Å². The van der Waals surface area contributed by atoms with Gasteiger partial charge in [0.15, 0.2) is 11.5 Å². The van der Waals surface area contributed by atoms with Gasteiger partial charge in [0.25, 0.3) is 0 Å². The van der Waals surface area contributed by atoms with Crippen LogP contribution in [0.5, 0.6) is 11.5 Å². The van der Waals surface area contributed by atoms with Gasteiger partial charge in [0, 0.05) is 5.56 Å². The van der Waals surface area contributed by atoms with Crippen molar-refractivity contribution in [2.45, 2.75) is 18.4 Å². The maximum atomic E-state index is 12.9. The molecule has 0 saturated heterocycles. The summed E-state index contributed by atoms with van der Waals surface area (Å²) < 4.78 is 37.2. The first-order valence-corrected chi connectivity index (χ1v) is 10.7. The fourth-order valence-electron chi connectivity index (χ4n) is 2.92. The lowest BCUT2D eigenvalue weighted by molar-refractivity contribution is 0.283. The van der Waals surface area contributed by atoms with E-state index >= 15 is 0 Å². The fraction of sp³-hybridized carbons (Fsp3) is 0.125. The molecule has 3 aromatic carbocycles. The van der Waals surface area contributed by atoms with E-state index in [1.54, 1.807) is 36.4 Å². The van der Waals surface area contributed by atoms with Crippen LogP contribution in [0.25, 0.3) is 6.08 Å². The van der Waals surface area contributed by atoms with Gasteiger partial charge < -0.3 is 9.47 Å². The van der Waals surface area contributed by atoms with Gasteiger partial charge in [0.05, 0.1) is 12.0 Å². The van der Waals surface area contributed by atoms with Gasteiger partial charge in [-0.15, -0.1) is 0 Å². The van der Waals surface area contributed by atoms with Gasteiger partial charge >= 0.3 is 0 Å². The van der Waals surface area contributed by atoms with Crippen molar-refractivity contribution < 1.29 is 17.9 Å². The van der Waals surface area contributed by atoms with E-state index in [2.05, 4.69) is 0 Å². The Morgan fingerprint density at radius 2 is 1.70 bits per heavy atom. The van der Waals surface area contributed by atoms with Crippen LogP contribution in [0, 0.1) is 18.3 Å². The molecule has 152 valence electrons. The SMILES string of the molecule is COc1cccc(/C=C(\C#N)S(=O)(=O)c2ccccc2)c1OCc1ccccc1C. The number of methoxy groups -OCH3 is 1. The number of nitrogens with zero attached hydrogens (tertiary/aromatic N) is 1. The summed E-state index contributed by atoms with van der Waals surface area (Å²) in [5, 5.41) is 9.58. The van der Waals surface area contributed by atoms with Crippen LogP contribution in [0.2, 0.25) is 0 Å². The number of hydrogen-bond acceptors (Lipinski definition) is 5. The third kappa shape index (κ3) is 4.53. The van der Waals surface area contributed by atoms with Crippen LogP contribution in [-0.4, -0.2) is 15.5 Å². The molecule has 0 fully saturated rings. The van der Waals surface area contributed by atoms with Crippen LogP contribution >= 0.6 is 0 Å². The zero-order valence-corrected chi connectivity index (χ0v) is 17.5. The first kappa shape index (κ1) is 21.2. The molecule has 0 unspecified atom stereocenters. The van der Waals surface area contributed by atoms with E-state index in [9.17, 15) is 13.7 Å². The van der Waals surface area contributed by atoms with E-state index in [-0.39, 0.29) is 16.4 Å². The predicted molar refractivity (Wildman–Crippen MR) is 116 cm³/mol. The smallest absolute Gasteiger partial charge is 0.216 e. The largest absolute Gasteiger partial charge is 0.493 e. The second kappa shape index (κ2) is 9.29. The van der Waals surface area contributed by atoms with Crippen LogP contribution in [0.1, 0.15) is 16.7 Å². The van der Waals surface area contributed by atoms with E-state index in [1.807, 2.05) is 37.3 Å². The van der Waals surface area contributed by atoms with Crippen LogP contribution in [-0.2, 0) is 16.4 Å². The minimum Gasteiger partial charge on any atom is -0.493 e. The van der Waals surface area contributed by atoms with Gasteiger partial charge in [-0.3, -0.25) is 0 Å². The first-order chi connectivity index (χ1) is 14.5. The highest BCUT2D eigenvalue weighted by Crippen LogP contribution is 2.34. The Kier molecular flexibility index (Phi) is 6.55. The van der Waals surface area contributed by atoms with Crippen molar-refractivity contribution >= 4 is 15.9 Å². The maximum Gasteiger partial charge on any atom is 0.216 e. The van der Waals surface area contributed by atoms with Crippen molar-refractivity contribution in [1.29, 1.82) is 5.26 Å². The van der Waals surface area contributed by atoms with Crippen molar-refractivity contribution in [2.75, 3.05) is 7.11 Å². The first-order valence-electron chi connectivity index (χ1n) is 9.23. The monoisotopic (exact) mass is 419 g/mol. The molecule has 30 heavy (non-hydrogen) atoms. The van der Waals surface area contributed by atoms with Gasteiger partial charge in [-0.2, -0.15) is 5.26 Å². The summed E-state index contributed by atoms with van der Waals surface area (Å²) in [5.74, 6) is 0.825. The molecule has 5 nitrogen and oxygen atoms in total. The summed E-state index contributed by atoms with van der Waals surface area (Å²) in [6.07, 6.45) is 1.32. The van der Waals surface area contributed by atoms with Gasteiger partial charge in [-0.1, -0.05) is 54.6 Å². The van der Waals surface area contributed by atoms with Crippen LogP contribution in [0.3, 0.4) is 0 Å². The number of aryl methyl sites for hydroxylation is 1. The number of sulfone groups is 1.